The number of azo groups is 1. The average molecular weight is 100 g/mol. The standard InChI is InChI=1S/C3H4N2S/c1-3-5-4-2-6-3/h1-2H2. The van der Waals surface area contributed by atoms with Crippen molar-refractivity contribution in [3.63, 3.8) is 0 Å². The van der Waals surface area contributed by atoms with E-state index in [1.165, 1.54) is 0 Å². The van der Waals surface area contributed by atoms with Crippen molar-refractivity contribution in [3.8, 4) is 0 Å². The van der Waals surface area contributed by atoms with Crippen LogP contribution in [0.4, 0.5) is 0 Å². The summed E-state index contributed by atoms with van der Waals surface area (Å²) in [6.45, 7) is 3.56. The zero-order valence-corrected chi connectivity index (χ0v) is 4.03. The smallest absolute Gasteiger partial charge is 0.113 e. The van der Waals surface area contributed by atoms with Gasteiger partial charge in [0.2, 0.25) is 0 Å². The van der Waals surface area contributed by atoms with Crippen LogP contribution in [-0.4, -0.2) is 5.88 Å². The molecule has 0 aromatic carbocycles. The number of nitrogens with zero attached hydrogens (tertiary/aromatic N) is 2. The zero-order valence-electron chi connectivity index (χ0n) is 3.22. The van der Waals surface area contributed by atoms with Crippen LogP contribution in [0.1, 0.15) is 0 Å². The van der Waals surface area contributed by atoms with E-state index in [4.69, 9.17) is 0 Å². The van der Waals surface area contributed by atoms with Gasteiger partial charge in [-0.05, 0) is 0 Å². The van der Waals surface area contributed by atoms with Crippen LogP contribution in [0.5, 0.6) is 0 Å². The summed E-state index contributed by atoms with van der Waals surface area (Å²) in [7, 11) is 0. The van der Waals surface area contributed by atoms with Gasteiger partial charge in [-0.15, -0.1) is 5.11 Å². The molecule has 0 spiro atoms. The van der Waals surface area contributed by atoms with Crippen molar-refractivity contribution < 1.29 is 0 Å². The van der Waals surface area contributed by atoms with Crippen molar-refractivity contribution in [2.24, 2.45) is 10.2 Å². The Morgan fingerprint density at radius 1 is 1.83 bits per heavy atom. The summed E-state index contributed by atoms with van der Waals surface area (Å²) in [6, 6.07) is 0. The van der Waals surface area contributed by atoms with Crippen molar-refractivity contribution in [1.82, 2.24) is 0 Å². The molecule has 0 amide bonds. The molecule has 0 N–H and O–H groups in total. The van der Waals surface area contributed by atoms with Crippen LogP contribution in [0, 0.1) is 0 Å². The maximum absolute atomic E-state index is 3.65. The Balaban J connectivity index is 2.59. The summed E-state index contributed by atoms with van der Waals surface area (Å²) in [5.41, 5.74) is 0. The maximum atomic E-state index is 3.65. The SMILES string of the molecule is C=C1N=NCS1. The van der Waals surface area contributed by atoms with Crippen LogP contribution in [0.3, 0.4) is 0 Å². The molecule has 1 rings (SSSR count). The van der Waals surface area contributed by atoms with E-state index in [9.17, 15) is 0 Å². The first-order valence-electron chi connectivity index (χ1n) is 1.59. The molecule has 0 bridgehead atoms. The number of thioether (sulfide) groups is 1. The van der Waals surface area contributed by atoms with Gasteiger partial charge in [-0.1, -0.05) is 18.3 Å². The lowest BCUT2D eigenvalue weighted by atomic mass is 11.1. The number of hydrogen-bond donors (Lipinski definition) is 0. The van der Waals surface area contributed by atoms with Gasteiger partial charge in [0.1, 0.15) is 10.9 Å². The van der Waals surface area contributed by atoms with Gasteiger partial charge in [0.25, 0.3) is 0 Å². The van der Waals surface area contributed by atoms with Crippen molar-refractivity contribution in [3.05, 3.63) is 11.6 Å². The molecule has 6 heavy (non-hydrogen) atoms. The van der Waals surface area contributed by atoms with E-state index in [2.05, 4.69) is 16.8 Å². The van der Waals surface area contributed by atoms with Crippen molar-refractivity contribution >= 4 is 11.8 Å². The van der Waals surface area contributed by atoms with Crippen molar-refractivity contribution in [1.29, 1.82) is 0 Å². The quantitative estimate of drug-likeness (QED) is 0.454. The summed E-state index contributed by atoms with van der Waals surface area (Å²) >= 11 is 1.57. The van der Waals surface area contributed by atoms with Crippen LogP contribution in [-0.2, 0) is 0 Å². The Bertz CT molecular complexity index is 97.0. The highest BCUT2D eigenvalue weighted by Crippen LogP contribution is 2.20. The number of hydrogen-bond acceptors (Lipinski definition) is 3. The van der Waals surface area contributed by atoms with Gasteiger partial charge in [0.15, 0.2) is 0 Å². The summed E-state index contributed by atoms with van der Waals surface area (Å²) in [5.74, 6) is 0.763. The lowest BCUT2D eigenvalue weighted by molar-refractivity contribution is 1.16. The molecule has 32 valence electrons. The Morgan fingerprint density at radius 2 is 2.67 bits per heavy atom. The lowest BCUT2D eigenvalue weighted by Gasteiger charge is -1.73. The molecule has 0 saturated heterocycles. The van der Waals surface area contributed by atoms with Crippen molar-refractivity contribution in [2.45, 2.75) is 0 Å². The molecular weight excluding hydrogens is 96.1 g/mol. The highest BCUT2D eigenvalue weighted by atomic mass is 32.2. The Kier molecular flexibility index (Phi) is 0.919. The van der Waals surface area contributed by atoms with Crippen molar-refractivity contribution in [2.75, 3.05) is 5.88 Å². The fourth-order valence-electron chi connectivity index (χ4n) is 0.240. The van der Waals surface area contributed by atoms with Gasteiger partial charge in [-0.2, -0.15) is 5.11 Å². The third kappa shape index (κ3) is 0.597. The van der Waals surface area contributed by atoms with Crippen LogP contribution >= 0.6 is 11.8 Å². The van der Waals surface area contributed by atoms with E-state index in [0.717, 1.165) is 10.9 Å². The van der Waals surface area contributed by atoms with Crippen LogP contribution in [0.15, 0.2) is 21.8 Å². The Morgan fingerprint density at radius 3 is 2.83 bits per heavy atom. The van der Waals surface area contributed by atoms with Gasteiger partial charge in [0, 0.05) is 0 Å². The highest BCUT2D eigenvalue weighted by molar-refractivity contribution is 8.03. The van der Waals surface area contributed by atoms with E-state index < -0.39 is 0 Å². The predicted molar refractivity (Wildman–Crippen MR) is 26.5 cm³/mol. The topological polar surface area (TPSA) is 24.7 Å². The first-order chi connectivity index (χ1) is 2.89. The van der Waals surface area contributed by atoms with Crippen LogP contribution < -0.4 is 0 Å². The van der Waals surface area contributed by atoms with Crippen LogP contribution in [0.25, 0.3) is 0 Å². The molecule has 0 aliphatic carbocycles. The van der Waals surface area contributed by atoms with Gasteiger partial charge in [-0.25, -0.2) is 0 Å². The molecule has 0 aromatic rings. The maximum Gasteiger partial charge on any atom is 0.113 e. The Labute approximate surface area is 40.3 Å². The van der Waals surface area contributed by atoms with Crippen LogP contribution in [0.2, 0.25) is 0 Å². The summed E-state index contributed by atoms with van der Waals surface area (Å²) < 4.78 is 0. The van der Waals surface area contributed by atoms with Gasteiger partial charge in [-0.3, -0.25) is 0 Å². The third-order valence-corrected chi connectivity index (χ3v) is 1.13. The normalized spacial score (nSPS) is 19.7. The zero-order chi connectivity index (χ0) is 4.41. The molecule has 0 radical (unpaired) electrons. The molecule has 3 heteroatoms. The Hall–Kier alpha value is -0.310. The van der Waals surface area contributed by atoms with E-state index in [-0.39, 0.29) is 0 Å². The molecule has 0 saturated carbocycles. The van der Waals surface area contributed by atoms with E-state index in [1.807, 2.05) is 0 Å². The fraction of sp³-hybridized carbons (Fsp3) is 0.333. The van der Waals surface area contributed by atoms with E-state index in [1.54, 1.807) is 11.8 Å². The summed E-state index contributed by atoms with van der Waals surface area (Å²) in [4.78, 5) is 0. The molecule has 2 nitrogen and oxygen atoms in total. The molecule has 0 atom stereocenters. The van der Waals surface area contributed by atoms with E-state index >= 15 is 0 Å². The molecule has 0 unspecified atom stereocenters. The molecule has 1 heterocycles. The second-order valence-electron chi connectivity index (χ2n) is 0.909. The number of rotatable bonds is 0. The molecule has 0 aromatic heterocycles. The fourth-order valence-corrected chi connectivity index (χ4v) is 0.620. The predicted octanol–water partition coefficient (Wildman–Crippen LogP) is 1.61. The van der Waals surface area contributed by atoms with E-state index in [0.29, 0.717) is 0 Å². The summed E-state index contributed by atoms with van der Waals surface area (Å²) in [6.07, 6.45) is 0. The minimum Gasteiger partial charge on any atom is -0.177 e. The molecule has 1 aliphatic heterocycles. The first-order valence-corrected chi connectivity index (χ1v) is 2.57. The monoisotopic (exact) mass is 100 g/mol. The third-order valence-electron chi connectivity index (χ3n) is 0.471. The van der Waals surface area contributed by atoms with Gasteiger partial charge in [0.05, 0.1) is 0 Å². The lowest BCUT2D eigenvalue weighted by Crippen LogP contribution is -1.52. The second kappa shape index (κ2) is 1.43. The minimum atomic E-state index is 0.763. The van der Waals surface area contributed by atoms with Gasteiger partial charge >= 0.3 is 0 Å². The summed E-state index contributed by atoms with van der Waals surface area (Å²) in [5, 5.41) is 8.11. The molecule has 1 aliphatic rings. The average Bonchev–Trinajstić information content (AvgIpc) is 1.86. The molecular formula is C3H4N2S. The minimum absolute atomic E-state index is 0.763. The largest absolute Gasteiger partial charge is 0.177 e. The molecule has 0 fully saturated rings. The highest BCUT2D eigenvalue weighted by Gasteiger charge is 1.95. The van der Waals surface area contributed by atoms with Gasteiger partial charge < -0.3 is 0 Å². The first kappa shape index (κ1) is 3.87. The second-order valence-corrected chi connectivity index (χ2v) is 1.93.